The number of hydrogen-bond acceptors (Lipinski definition) is 4. The van der Waals surface area contributed by atoms with Gasteiger partial charge in [-0.3, -0.25) is 4.68 Å². The van der Waals surface area contributed by atoms with Crippen LogP contribution < -0.4 is 0 Å². The normalized spacial score (nSPS) is 22.1. The predicted molar refractivity (Wildman–Crippen MR) is 52.6 cm³/mol. The van der Waals surface area contributed by atoms with Crippen molar-refractivity contribution in [3.05, 3.63) is 11.9 Å². The van der Waals surface area contributed by atoms with E-state index in [4.69, 9.17) is 5.11 Å². The Morgan fingerprint density at radius 2 is 2.53 bits per heavy atom. The molecule has 1 fully saturated rings. The van der Waals surface area contributed by atoms with Crippen LogP contribution in [0.3, 0.4) is 0 Å². The van der Waals surface area contributed by atoms with Crippen LogP contribution in [0, 0.1) is 5.92 Å². The van der Waals surface area contributed by atoms with Crippen LogP contribution in [0.1, 0.15) is 16.9 Å². The molecule has 82 valence electrons. The molecule has 1 atom stereocenters. The number of nitrogens with zero attached hydrogens (tertiary/aromatic N) is 4. The highest BCUT2D eigenvalue weighted by Crippen LogP contribution is 2.15. The Morgan fingerprint density at radius 3 is 3.07 bits per heavy atom. The summed E-state index contributed by atoms with van der Waals surface area (Å²) in [5.41, 5.74) is 0.0151. The SMILES string of the molecule is CN1CCC(Cn2cc(C(=O)O)nn2)C1. The average molecular weight is 210 g/mol. The van der Waals surface area contributed by atoms with Crippen molar-refractivity contribution in [2.45, 2.75) is 13.0 Å². The summed E-state index contributed by atoms with van der Waals surface area (Å²) in [6.45, 7) is 2.90. The zero-order valence-electron chi connectivity index (χ0n) is 8.63. The summed E-state index contributed by atoms with van der Waals surface area (Å²) in [6, 6.07) is 0. The van der Waals surface area contributed by atoms with Crippen molar-refractivity contribution in [1.82, 2.24) is 19.9 Å². The van der Waals surface area contributed by atoms with E-state index in [1.54, 1.807) is 4.68 Å². The highest BCUT2D eigenvalue weighted by atomic mass is 16.4. The number of likely N-dealkylation sites (tertiary alicyclic amines) is 1. The smallest absolute Gasteiger partial charge is 0.358 e. The van der Waals surface area contributed by atoms with Gasteiger partial charge in [-0.05, 0) is 25.9 Å². The minimum atomic E-state index is -1.02. The van der Waals surface area contributed by atoms with Crippen molar-refractivity contribution in [2.24, 2.45) is 5.92 Å². The van der Waals surface area contributed by atoms with Gasteiger partial charge in [0.1, 0.15) is 0 Å². The standard InChI is InChI=1S/C9H14N4O2/c1-12-3-2-7(4-12)5-13-6-8(9(14)15)10-11-13/h6-7H,2-5H2,1H3,(H,14,15). The molecule has 1 aromatic heterocycles. The van der Waals surface area contributed by atoms with Crippen molar-refractivity contribution in [2.75, 3.05) is 20.1 Å². The molecule has 0 aromatic carbocycles. The third-order valence-corrected chi connectivity index (χ3v) is 2.69. The summed E-state index contributed by atoms with van der Waals surface area (Å²) >= 11 is 0. The number of rotatable bonds is 3. The van der Waals surface area contributed by atoms with Gasteiger partial charge in [0.2, 0.25) is 0 Å². The van der Waals surface area contributed by atoms with Crippen LogP contribution in [0.15, 0.2) is 6.20 Å². The van der Waals surface area contributed by atoms with Gasteiger partial charge in [0, 0.05) is 13.1 Å². The molecule has 6 heteroatoms. The zero-order chi connectivity index (χ0) is 10.8. The van der Waals surface area contributed by atoms with E-state index in [0.717, 1.165) is 26.1 Å². The molecule has 2 heterocycles. The van der Waals surface area contributed by atoms with Crippen molar-refractivity contribution < 1.29 is 9.90 Å². The fraction of sp³-hybridized carbons (Fsp3) is 0.667. The third-order valence-electron chi connectivity index (χ3n) is 2.69. The van der Waals surface area contributed by atoms with E-state index in [1.165, 1.54) is 6.20 Å². The zero-order valence-corrected chi connectivity index (χ0v) is 8.63. The summed E-state index contributed by atoms with van der Waals surface area (Å²) in [5.74, 6) is -0.469. The maximum atomic E-state index is 10.6. The average Bonchev–Trinajstić information content (AvgIpc) is 2.76. The highest BCUT2D eigenvalue weighted by molar-refractivity contribution is 5.84. The Bertz CT molecular complexity index is 363. The molecule has 0 radical (unpaired) electrons. The van der Waals surface area contributed by atoms with Crippen LogP contribution in [0.5, 0.6) is 0 Å². The summed E-state index contributed by atoms with van der Waals surface area (Å²) in [7, 11) is 2.09. The molecule has 0 spiro atoms. The first kappa shape index (κ1) is 10.1. The Kier molecular flexibility index (Phi) is 2.68. The second kappa shape index (κ2) is 3.98. The number of carboxylic acids is 1. The lowest BCUT2D eigenvalue weighted by Crippen LogP contribution is -2.17. The lowest BCUT2D eigenvalue weighted by atomic mass is 10.1. The van der Waals surface area contributed by atoms with Crippen molar-refractivity contribution in [3.63, 3.8) is 0 Å². The molecule has 1 N–H and O–H groups in total. The lowest BCUT2D eigenvalue weighted by Gasteiger charge is -2.09. The van der Waals surface area contributed by atoms with E-state index in [1.807, 2.05) is 0 Å². The van der Waals surface area contributed by atoms with Gasteiger partial charge in [-0.2, -0.15) is 0 Å². The molecule has 0 bridgehead atoms. The maximum absolute atomic E-state index is 10.6. The Labute approximate surface area is 87.5 Å². The van der Waals surface area contributed by atoms with Gasteiger partial charge in [0.15, 0.2) is 5.69 Å². The summed E-state index contributed by atoms with van der Waals surface area (Å²) in [6.07, 6.45) is 2.62. The van der Waals surface area contributed by atoms with E-state index in [2.05, 4.69) is 22.3 Å². The highest BCUT2D eigenvalue weighted by Gasteiger charge is 2.20. The van der Waals surface area contributed by atoms with Crippen molar-refractivity contribution >= 4 is 5.97 Å². The minimum Gasteiger partial charge on any atom is -0.476 e. The number of hydrogen-bond donors (Lipinski definition) is 1. The fourth-order valence-electron chi connectivity index (χ4n) is 1.93. The minimum absolute atomic E-state index is 0.0151. The monoisotopic (exact) mass is 210 g/mol. The van der Waals surface area contributed by atoms with E-state index in [-0.39, 0.29) is 5.69 Å². The van der Waals surface area contributed by atoms with Crippen LogP contribution >= 0.6 is 0 Å². The van der Waals surface area contributed by atoms with Crippen molar-refractivity contribution in [1.29, 1.82) is 0 Å². The van der Waals surface area contributed by atoms with Crippen LogP contribution in [-0.4, -0.2) is 51.1 Å². The largest absolute Gasteiger partial charge is 0.476 e. The molecule has 1 aliphatic rings. The molecular formula is C9H14N4O2. The first-order valence-electron chi connectivity index (χ1n) is 4.97. The molecule has 0 aliphatic carbocycles. The molecule has 1 aromatic rings. The van der Waals surface area contributed by atoms with Gasteiger partial charge in [0.25, 0.3) is 0 Å². The molecule has 6 nitrogen and oxygen atoms in total. The van der Waals surface area contributed by atoms with Gasteiger partial charge < -0.3 is 10.0 Å². The Balaban J connectivity index is 1.96. The first-order valence-corrected chi connectivity index (χ1v) is 4.97. The molecule has 2 rings (SSSR count). The van der Waals surface area contributed by atoms with Gasteiger partial charge in [-0.25, -0.2) is 4.79 Å². The first-order chi connectivity index (χ1) is 7.15. The second-order valence-corrected chi connectivity index (χ2v) is 4.05. The summed E-state index contributed by atoms with van der Waals surface area (Å²) in [5, 5.41) is 16.0. The molecule has 1 aliphatic heterocycles. The molecule has 1 unspecified atom stereocenters. The second-order valence-electron chi connectivity index (χ2n) is 4.05. The Hall–Kier alpha value is -1.43. The number of aromatic nitrogens is 3. The third kappa shape index (κ3) is 2.33. The van der Waals surface area contributed by atoms with Gasteiger partial charge in [-0.15, -0.1) is 5.10 Å². The quantitative estimate of drug-likeness (QED) is 0.756. The lowest BCUT2D eigenvalue weighted by molar-refractivity contribution is 0.0690. The Morgan fingerprint density at radius 1 is 1.73 bits per heavy atom. The van der Waals surface area contributed by atoms with E-state index in [0.29, 0.717) is 5.92 Å². The van der Waals surface area contributed by atoms with Crippen molar-refractivity contribution in [3.8, 4) is 0 Å². The molecule has 0 saturated carbocycles. The van der Waals surface area contributed by atoms with Gasteiger partial charge in [-0.1, -0.05) is 5.21 Å². The van der Waals surface area contributed by atoms with Crippen LogP contribution in [0.2, 0.25) is 0 Å². The number of aromatic carboxylic acids is 1. The summed E-state index contributed by atoms with van der Waals surface area (Å²) in [4.78, 5) is 12.8. The topological polar surface area (TPSA) is 71.2 Å². The molecular weight excluding hydrogens is 196 g/mol. The molecule has 1 saturated heterocycles. The molecule has 15 heavy (non-hydrogen) atoms. The number of carboxylic acid groups (broad SMARTS) is 1. The fourth-order valence-corrected chi connectivity index (χ4v) is 1.93. The predicted octanol–water partition coefficient (Wildman–Crippen LogP) is -0.0720. The van der Waals surface area contributed by atoms with E-state index >= 15 is 0 Å². The van der Waals surface area contributed by atoms with Crippen LogP contribution in [-0.2, 0) is 6.54 Å². The van der Waals surface area contributed by atoms with E-state index < -0.39 is 5.97 Å². The summed E-state index contributed by atoms with van der Waals surface area (Å²) < 4.78 is 1.62. The van der Waals surface area contributed by atoms with Gasteiger partial charge >= 0.3 is 5.97 Å². The molecule has 0 amide bonds. The maximum Gasteiger partial charge on any atom is 0.358 e. The van der Waals surface area contributed by atoms with E-state index in [9.17, 15) is 4.79 Å². The van der Waals surface area contributed by atoms with Gasteiger partial charge in [0.05, 0.1) is 6.20 Å². The number of carbonyl (C=O) groups is 1. The van der Waals surface area contributed by atoms with Crippen LogP contribution in [0.4, 0.5) is 0 Å². The van der Waals surface area contributed by atoms with Crippen LogP contribution in [0.25, 0.3) is 0 Å².